The smallest absolute Gasteiger partial charge is 0.265 e. The highest BCUT2D eigenvalue weighted by Gasteiger charge is 2.29. The zero-order chi connectivity index (χ0) is 23.2. The summed E-state index contributed by atoms with van der Waals surface area (Å²) in [7, 11) is 1.58. The molecule has 1 N–H and O–H groups in total. The third-order valence-electron chi connectivity index (χ3n) is 6.49. The first-order valence-corrected chi connectivity index (χ1v) is 11.3. The number of benzene rings is 2. The predicted octanol–water partition coefficient (Wildman–Crippen LogP) is 6.67. The van der Waals surface area contributed by atoms with E-state index in [1.807, 2.05) is 13.0 Å². The Morgan fingerprint density at radius 1 is 1.03 bits per heavy atom. The van der Waals surface area contributed by atoms with Crippen molar-refractivity contribution in [3.05, 3.63) is 53.6 Å². The van der Waals surface area contributed by atoms with Gasteiger partial charge in [0.2, 0.25) is 0 Å². The number of rotatable bonds is 10. The fourth-order valence-corrected chi connectivity index (χ4v) is 3.36. The molecule has 31 heavy (non-hydrogen) atoms. The number of carbonyl (C=O) groups is 1. The molecule has 2 aromatic rings. The average molecular weight is 425 g/mol. The van der Waals surface area contributed by atoms with Crippen LogP contribution in [0.2, 0.25) is 0 Å². The minimum Gasteiger partial charge on any atom is -0.495 e. The van der Waals surface area contributed by atoms with E-state index in [0.29, 0.717) is 17.9 Å². The Kier molecular flexibility index (Phi) is 8.16. The summed E-state index contributed by atoms with van der Waals surface area (Å²) in [5, 5.41) is 2.93. The Hall–Kier alpha value is -2.49. The quantitative estimate of drug-likeness (QED) is 0.463. The molecule has 0 aromatic heterocycles. The number of methoxy groups -OCH3 is 1. The van der Waals surface area contributed by atoms with Crippen molar-refractivity contribution in [2.75, 3.05) is 12.4 Å². The van der Waals surface area contributed by atoms with Crippen molar-refractivity contribution in [2.45, 2.75) is 84.7 Å². The van der Waals surface area contributed by atoms with Crippen LogP contribution in [0.3, 0.4) is 0 Å². The van der Waals surface area contributed by atoms with E-state index in [0.717, 1.165) is 24.2 Å². The highest BCUT2D eigenvalue weighted by atomic mass is 16.5. The van der Waals surface area contributed by atoms with Crippen LogP contribution < -0.4 is 14.8 Å². The summed E-state index contributed by atoms with van der Waals surface area (Å²) >= 11 is 0. The number of carbonyl (C=O) groups excluding carboxylic acids is 1. The number of ether oxygens (including phenoxy) is 2. The fourth-order valence-electron chi connectivity index (χ4n) is 3.36. The van der Waals surface area contributed by atoms with E-state index in [-0.39, 0.29) is 16.7 Å². The Balaban J connectivity index is 2.36. The Bertz CT molecular complexity index is 886. The highest BCUT2D eigenvalue weighted by Crippen LogP contribution is 2.39. The van der Waals surface area contributed by atoms with Crippen LogP contribution in [0.4, 0.5) is 5.69 Å². The molecule has 4 heteroatoms. The van der Waals surface area contributed by atoms with E-state index in [1.165, 1.54) is 5.56 Å². The van der Waals surface area contributed by atoms with E-state index in [1.54, 1.807) is 25.3 Å². The molecule has 1 radical (unpaired) electrons. The van der Waals surface area contributed by atoms with Crippen LogP contribution in [0.5, 0.6) is 11.5 Å². The lowest BCUT2D eigenvalue weighted by atomic mass is 9.76. The molecule has 0 spiro atoms. The highest BCUT2D eigenvalue weighted by molar-refractivity contribution is 5.95. The van der Waals surface area contributed by atoms with Crippen LogP contribution in [0, 0.1) is 6.07 Å². The van der Waals surface area contributed by atoms with Gasteiger partial charge < -0.3 is 14.8 Å². The number of hydrogen-bond donors (Lipinski definition) is 1. The maximum Gasteiger partial charge on any atom is 0.265 e. The van der Waals surface area contributed by atoms with E-state index in [4.69, 9.17) is 9.47 Å². The number of amides is 1. The minimum atomic E-state index is -0.610. The first-order valence-electron chi connectivity index (χ1n) is 11.3. The molecule has 0 aliphatic carbocycles. The van der Waals surface area contributed by atoms with E-state index in [9.17, 15) is 4.79 Å². The molecule has 4 nitrogen and oxygen atoms in total. The second-order valence-corrected chi connectivity index (χ2v) is 9.32. The van der Waals surface area contributed by atoms with Crippen LogP contribution in [0.25, 0.3) is 0 Å². The molecular weight excluding hydrogens is 386 g/mol. The SMILES string of the molecule is CCC(Oc1ccc(C(C)(C)CC)cc1C(C)(C)CC)C(=O)Nc1c[c]ccc1OC. The fraction of sp³-hybridized carbons (Fsp3) is 0.519. The second-order valence-electron chi connectivity index (χ2n) is 9.32. The number of anilines is 1. The Labute approximate surface area is 188 Å². The van der Waals surface area contributed by atoms with E-state index >= 15 is 0 Å². The lowest BCUT2D eigenvalue weighted by Crippen LogP contribution is -2.33. The van der Waals surface area contributed by atoms with Crippen LogP contribution in [0.1, 0.15) is 78.9 Å². The molecule has 0 fully saturated rings. The number of nitrogens with one attached hydrogen (secondary N) is 1. The van der Waals surface area contributed by atoms with Gasteiger partial charge in [-0.2, -0.15) is 0 Å². The Morgan fingerprint density at radius 2 is 1.71 bits per heavy atom. The van der Waals surface area contributed by atoms with Gasteiger partial charge in [0.1, 0.15) is 11.5 Å². The third kappa shape index (κ3) is 5.81. The molecule has 0 bridgehead atoms. The van der Waals surface area contributed by atoms with Crippen LogP contribution in [0.15, 0.2) is 36.4 Å². The maximum absolute atomic E-state index is 13.0. The molecular formula is C27H38NO3. The van der Waals surface area contributed by atoms with Crippen molar-refractivity contribution < 1.29 is 14.3 Å². The maximum atomic E-state index is 13.0. The summed E-state index contributed by atoms with van der Waals surface area (Å²) in [4.78, 5) is 13.0. The summed E-state index contributed by atoms with van der Waals surface area (Å²) in [6.07, 6.45) is 1.97. The van der Waals surface area contributed by atoms with Gasteiger partial charge in [0.15, 0.2) is 6.10 Å². The van der Waals surface area contributed by atoms with Crippen molar-refractivity contribution in [3.63, 3.8) is 0 Å². The van der Waals surface area contributed by atoms with Crippen molar-refractivity contribution in [3.8, 4) is 11.5 Å². The van der Waals surface area contributed by atoms with Crippen molar-refractivity contribution in [1.82, 2.24) is 0 Å². The molecule has 169 valence electrons. The topological polar surface area (TPSA) is 47.6 Å². The van der Waals surface area contributed by atoms with Gasteiger partial charge in [-0.1, -0.05) is 66.7 Å². The normalized spacial score (nSPS) is 12.9. The first kappa shape index (κ1) is 24.8. The summed E-state index contributed by atoms with van der Waals surface area (Å²) in [6, 6.07) is 14.6. The van der Waals surface area contributed by atoms with Gasteiger partial charge in [-0.25, -0.2) is 0 Å². The standard InChI is InChI=1S/C27H38NO3/c1-9-22(25(29)28-21-14-12-13-15-24(21)30-8)31-23-17-16-19(26(4,5)10-2)18-20(23)27(6,7)11-3/h13-18,22H,9-11H2,1-8H3,(H,28,29). The minimum absolute atomic E-state index is 0.0679. The summed E-state index contributed by atoms with van der Waals surface area (Å²) in [5.74, 6) is 1.18. The van der Waals surface area contributed by atoms with E-state index < -0.39 is 6.10 Å². The second kappa shape index (κ2) is 10.2. The van der Waals surface area contributed by atoms with Gasteiger partial charge in [0.05, 0.1) is 12.8 Å². The molecule has 0 heterocycles. The molecule has 1 amide bonds. The molecule has 1 atom stereocenters. The molecule has 2 aromatic carbocycles. The van der Waals surface area contributed by atoms with Crippen molar-refractivity contribution in [1.29, 1.82) is 0 Å². The summed E-state index contributed by atoms with van der Waals surface area (Å²) < 4.78 is 11.7. The monoisotopic (exact) mass is 424 g/mol. The zero-order valence-corrected chi connectivity index (χ0v) is 20.4. The van der Waals surface area contributed by atoms with Crippen LogP contribution in [-0.4, -0.2) is 19.1 Å². The average Bonchev–Trinajstić information content (AvgIpc) is 2.77. The van der Waals surface area contributed by atoms with Crippen LogP contribution >= 0.6 is 0 Å². The predicted molar refractivity (Wildman–Crippen MR) is 128 cm³/mol. The third-order valence-corrected chi connectivity index (χ3v) is 6.49. The molecule has 1 unspecified atom stereocenters. The first-order chi connectivity index (χ1) is 14.6. The van der Waals surface area contributed by atoms with E-state index in [2.05, 4.69) is 65.1 Å². The Morgan fingerprint density at radius 3 is 2.29 bits per heavy atom. The molecule has 0 saturated heterocycles. The largest absolute Gasteiger partial charge is 0.495 e. The number of hydrogen-bond acceptors (Lipinski definition) is 3. The lowest BCUT2D eigenvalue weighted by Gasteiger charge is -2.31. The lowest BCUT2D eigenvalue weighted by molar-refractivity contribution is -0.122. The molecule has 2 rings (SSSR count). The van der Waals surface area contributed by atoms with Crippen LogP contribution in [-0.2, 0) is 15.6 Å². The van der Waals surface area contributed by atoms with Gasteiger partial charge in [-0.05, 0) is 59.9 Å². The van der Waals surface area contributed by atoms with Gasteiger partial charge >= 0.3 is 0 Å². The summed E-state index contributed by atoms with van der Waals surface area (Å²) in [6.45, 7) is 15.3. The molecule has 0 aliphatic heterocycles. The molecule has 0 saturated carbocycles. The summed E-state index contributed by atoms with van der Waals surface area (Å²) in [5.41, 5.74) is 3.04. The van der Waals surface area contributed by atoms with Crippen molar-refractivity contribution >= 4 is 11.6 Å². The molecule has 0 aliphatic rings. The zero-order valence-electron chi connectivity index (χ0n) is 20.4. The van der Waals surface area contributed by atoms with Crippen molar-refractivity contribution in [2.24, 2.45) is 0 Å². The van der Waals surface area contributed by atoms with Gasteiger partial charge in [-0.15, -0.1) is 0 Å². The van der Waals surface area contributed by atoms with Gasteiger partial charge in [-0.3, -0.25) is 4.79 Å². The van der Waals surface area contributed by atoms with Gasteiger partial charge in [0.25, 0.3) is 5.91 Å². The van der Waals surface area contributed by atoms with Gasteiger partial charge in [0, 0.05) is 5.56 Å².